The van der Waals surface area contributed by atoms with Crippen LogP contribution in [-0.2, 0) is 11.0 Å². The van der Waals surface area contributed by atoms with Crippen LogP contribution in [0, 0.1) is 5.92 Å². The van der Waals surface area contributed by atoms with E-state index in [0.717, 1.165) is 16.2 Å². The van der Waals surface area contributed by atoms with Crippen LogP contribution in [0.1, 0.15) is 45.5 Å². The molecule has 1 aromatic heterocycles. The van der Waals surface area contributed by atoms with Gasteiger partial charge < -0.3 is 4.74 Å². The molecule has 0 amide bonds. The molecule has 1 aromatic rings. The first-order valence-electron chi connectivity index (χ1n) is 6.87. The molecule has 1 heterocycles. The Balaban J connectivity index is 2.81. The third-order valence-electron chi connectivity index (χ3n) is 2.74. The molecule has 0 aliphatic carbocycles. The van der Waals surface area contributed by atoms with E-state index in [-0.39, 0.29) is 17.0 Å². The van der Waals surface area contributed by atoms with Crippen molar-refractivity contribution in [3.05, 3.63) is 17.0 Å². The number of ether oxygens (including phenoxy) is 1. The topological polar surface area (TPSA) is 38.3 Å². The van der Waals surface area contributed by atoms with Gasteiger partial charge in [0, 0.05) is 4.88 Å². The first-order valence-corrected chi connectivity index (χ1v) is 8.84. The summed E-state index contributed by atoms with van der Waals surface area (Å²) in [6.07, 6.45) is -4.35. The summed E-state index contributed by atoms with van der Waals surface area (Å²) in [4.78, 5) is 0.810. The van der Waals surface area contributed by atoms with Crippen molar-refractivity contribution in [1.82, 2.24) is 4.72 Å². The largest absolute Gasteiger partial charge is 0.475 e. The highest BCUT2D eigenvalue weighted by Gasteiger charge is 2.29. The lowest BCUT2D eigenvalue weighted by atomic mass is 10.0. The van der Waals surface area contributed by atoms with Crippen LogP contribution in [0.25, 0.3) is 0 Å². The van der Waals surface area contributed by atoms with Crippen molar-refractivity contribution in [2.45, 2.75) is 51.6 Å². The summed E-state index contributed by atoms with van der Waals surface area (Å²) >= 11 is 1.14. The maximum absolute atomic E-state index is 12.2. The SMILES string of the molecule is CC(C)[C@@H](NS(=O)C(C)(C)C)c1ccc(OCC(F)(F)F)s1. The molecular weight excluding hydrogens is 335 g/mol. The molecule has 0 spiro atoms. The third-order valence-corrected chi connectivity index (χ3v) is 5.40. The lowest BCUT2D eigenvalue weighted by Gasteiger charge is -2.26. The fourth-order valence-electron chi connectivity index (χ4n) is 1.55. The van der Waals surface area contributed by atoms with Gasteiger partial charge >= 0.3 is 6.18 Å². The van der Waals surface area contributed by atoms with Gasteiger partial charge in [0.25, 0.3) is 0 Å². The minimum absolute atomic E-state index is 0.139. The van der Waals surface area contributed by atoms with Crippen LogP contribution in [0.2, 0.25) is 0 Å². The minimum atomic E-state index is -4.35. The summed E-state index contributed by atoms with van der Waals surface area (Å²) in [5, 5.41) is 0.210. The van der Waals surface area contributed by atoms with Crippen LogP contribution in [-0.4, -0.2) is 21.7 Å². The Hall–Kier alpha value is -0.600. The zero-order chi connectivity index (χ0) is 17.1. The molecule has 1 rings (SSSR count). The molecule has 0 aromatic carbocycles. The Morgan fingerprint density at radius 2 is 1.86 bits per heavy atom. The van der Waals surface area contributed by atoms with Crippen LogP contribution >= 0.6 is 11.3 Å². The molecule has 22 heavy (non-hydrogen) atoms. The van der Waals surface area contributed by atoms with Gasteiger partial charge in [-0.05, 0) is 38.8 Å². The molecule has 1 unspecified atom stereocenters. The van der Waals surface area contributed by atoms with Gasteiger partial charge in [0.15, 0.2) is 11.7 Å². The molecule has 8 heteroatoms. The van der Waals surface area contributed by atoms with Crippen LogP contribution in [0.15, 0.2) is 12.1 Å². The van der Waals surface area contributed by atoms with Gasteiger partial charge in [0.2, 0.25) is 0 Å². The van der Waals surface area contributed by atoms with Gasteiger partial charge in [-0.2, -0.15) is 13.2 Å². The van der Waals surface area contributed by atoms with E-state index in [1.807, 2.05) is 34.6 Å². The standard InChI is InChI=1S/C14H22F3NO2S2/c1-9(2)12(18-22(19)13(3,4)5)10-6-7-11(21-10)20-8-14(15,16)17/h6-7,9,12,18H,8H2,1-5H3/t12-,22?/m1/s1. The molecule has 0 bridgehead atoms. The number of rotatable bonds is 6. The predicted octanol–water partition coefficient (Wildman–Crippen LogP) is 4.44. The first-order chi connectivity index (χ1) is 9.90. The van der Waals surface area contributed by atoms with E-state index in [1.54, 1.807) is 6.07 Å². The quantitative estimate of drug-likeness (QED) is 0.817. The number of hydrogen-bond donors (Lipinski definition) is 1. The van der Waals surface area contributed by atoms with E-state index >= 15 is 0 Å². The first kappa shape index (κ1) is 19.4. The van der Waals surface area contributed by atoms with E-state index in [2.05, 4.69) is 4.72 Å². The van der Waals surface area contributed by atoms with Crippen molar-refractivity contribution in [3.63, 3.8) is 0 Å². The molecule has 3 nitrogen and oxygen atoms in total. The zero-order valence-electron chi connectivity index (χ0n) is 13.3. The number of thiophene rings is 1. The Labute approximate surface area is 135 Å². The van der Waals surface area contributed by atoms with E-state index in [9.17, 15) is 17.4 Å². The number of nitrogens with one attached hydrogen (secondary N) is 1. The van der Waals surface area contributed by atoms with Crippen molar-refractivity contribution in [1.29, 1.82) is 0 Å². The molecule has 1 N–H and O–H groups in total. The lowest BCUT2D eigenvalue weighted by molar-refractivity contribution is -0.152. The maximum Gasteiger partial charge on any atom is 0.422 e. The van der Waals surface area contributed by atoms with Gasteiger partial charge in [0.05, 0.1) is 21.8 Å². The third kappa shape index (κ3) is 6.26. The highest BCUT2D eigenvalue weighted by molar-refractivity contribution is 7.84. The highest BCUT2D eigenvalue weighted by Crippen LogP contribution is 2.34. The Morgan fingerprint density at radius 3 is 2.32 bits per heavy atom. The van der Waals surface area contributed by atoms with Crippen LogP contribution < -0.4 is 9.46 Å². The van der Waals surface area contributed by atoms with Crippen LogP contribution in [0.3, 0.4) is 0 Å². The van der Waals surface area contributed by atoms with E-state index in [1.165, 1.54) is 6.07 Å². The summed E-state index contributed by atoms with van der Waals surface area (Å²) in [5.74, 6) is 0.139. The second-order valence-corrected chi connectivity index (χ2v) is 9.36. The highest BCUT2D eigenvalue weighted by atomic mass is 32.2. The van der Waals surface area contributed by atoms with Gasteiger partial charge in [-0.25, -0.2) is 8.93 Å². The summed E-state index contributed by atoms with van der Waals surface area (Å²) in [6.45, 7) is 8.21. The average molecular weight is 357 g/mol. The summed E-state index contributed by atoms with van der Waals surface area (Å²) in [7, 11) is -1.26. The normalized spacial score (nSPS) is 15.9. The lowest BCUT2D eigenvalue weighted by Crippen LogP contribution is -2.37. The van der Waals surface area contributed by atoms with Gasteiger partial charge in [-0.15, -0.1) is 11.3 Å². The van der Waals surface area contributed by atoms with Gasteiger partial charge in [-0.1, -0.05) is 13.8 Å². The van der Waals surface area contributed by atoms with Crippen molar-refractivity contribution < 1.29 is 22.1 Å². The predicted molar refractivity (Wildman–Crippen MR) is 84.5 cm³/mol. The number of halogens is 3. The second kappa shape index (κ2) is 7.31. The van der Waals surface area contributed by atoms with E-state index in [4.69, 9.17) is 4.74 Å². The molecule has 0 saturated carbocycles. The maximum atomic E-state index is 12.2. The Bertz CT molecular complexity index is 507. The van der Waals surface area contributed by atoms with Crippen LogP contribution in [0.5, 0.6) is 5.06 Å². The summed E-state index contributed by atoms with van der Waals surface area (Å²) < 4.78 is 56.1. The average Bonchev–Trinajstić information content (AvgIpc) is 2.79. The van der Waals surface area contributed by atoms with Crippen LogP contribution in [0.4, 0.5) is 13.2 Å². The molecule has 128 valence electrons. The van der Waals surface area contributed by atoms with E-state index < -0.39 is 28.5 Å². The monoisotopic (exact) mass is 357 g/mol. The molecule has 2 atom stereocenters. The molecule has 0 aliphatic heterocycles. The van der Waals surface area contributed by atoms with Crippen molar-refractivity contribution in [2.75, 3.05) is 6.61 Å². The fourth-order valence-corrected chi connectivity index (χ4v) is 3.69. The smallest absolute Gasteiger partial charge is 0.422 e. The zero-order valence-corrected chi connectivity index (χ0v) is 14.9. The minimum Gasteiger partial charge on any atom is -0.475 e. The second-order valence-electron chi connectivity index (χ2n) is 6.28. The van der Waals surface area contributed by atoms with Gasteiger partial charge in [-0.3, -0.25) is 0 Å². The molecule has 0 aliphatic rings. The number of alkyl halides is 3. The van der Waals surface area contributed by atoms with Gasteiger partial charge in [0.1, 0.15) is 0 Å². The molecule has 0 saturated heterocycles. The summed E-state index contributed by atoms with van der Waals surface area (Å²) in [6, 6.07) is 3.03. The number of hydrogen-bond acceptors (Lipinski definition) is 3. The Kier molecular flexibility index (Phi) is 6.46. The molecular formula is C14H22F3NO2S2. The van der Waals surface area contributed by atoms with Crippen molar-refractivity contribution >= 4 is 22.3 Å². The van der Waals surface area contributed by atoms with Crippen molar-refractivity contribution in [3.8, 4) is 5.06 Å². The van der Waals surface area contributed by atoms with Crippen molar-refractivity contribution in [2.24, 2.45) is 5.92 Å². The van der Waals surface area contributed by atoms with E-state index in [0.29, 0.717) is 0 Å². The fraction of sp³-hybridized carbons (Fsp3) is 0.714. The Morgan fingerprint density at radius 1 is 1.27 bits per heavy atom. The molecule has 0 fully saturated rings. The summed E-state index contributed by atoms with van der Waals surface area (Å²) in [5.41, 5.74) is 0. The molecule has 0 radical (unpaired) electrons.